The van der Waals surface area contributed by atoms with Gasteiger partial charge in [0.2, 0.25) is 0 Å². The first-order valence-corrected chi connectivity index (χ1v) is 6.19. The molecule has 0 aromatic heterocycles. The molecule has 2 atom stereocenters. The second-order valence-corrected chi connectivity index (χ2v) is 5.15. The predicted octanol–water partition coefficient (Wildman–Crippen LogP) is 3.45. The molecule has 1 aliphatic rings. The molecule has 2 rings (SSSR count). The van der Waals surface area contributed by atoms with E-state index in [1.165, 1.54) is 12.1 Å². The summed E-state index contributed by atoms with van der Waals surface area (Å²) < 4.78 is 26.3. The fraction of sp³-hybridized carbons (Fsp3) is 0.571. The number of halogens is 2. The van der Waals surface area contributed by atoms with Gasteiger partial charge < -0.3 is 5.11 Å². The van der Waals surface area contributed by atoms with Gasteiger partial charge in [0.25, 0.3) is 0 Å². The topological polar surface area (TPSA) is 20.2 Å². The van der Waals surface area contributed by atoms with Crippen LogP contribution in [-0.2, 0) is 6.42 Å². The molecule has 1 aromatic rings. The molecule has 0 aliphatic heterocycles. The first-order valence-electron chi connectivity index (χ1n) is 6.19. The molecule has 0 bridgehead atoms. The summed E-state index contributed by atoms with van der Waals surface area (Å²) in [6.45, 7) is 2.11. The Balaban J connectivity index is 2.10. The highest BCUT2D eigenvalue weighted by atomic mass is 19.1. The van der Waals surface area contributed by atoms with Gasteiger partial charge in [-0.15, -0.1) is 0 Å². The summed E-state index contributed by atoms with van der Waals surface area (Å²) in [6, 6.07) is 3.56. The van der Waals surface area contributed by atoms with Crippen LogP contribution in [-0.4, -0.2) is 10.7 Å². The monoisotopic (exact) mass is 240 g/mol. The number of hydrogen-bond donors (Lipinski definition) is 1. The van der Waals surface area contributed by atoms with Crippen molar-refractivity contribution in [2.45, 2.75) is 44.6 Å². The van der Waals surface area contributed by atoms with Gasteiger partial charge in [0.05, 0.1) is 5.60 Å². The third-order valence-electron chi connectivity index (χ3n) is 3.80. The maximum absolute atomic E-state index is 13.5. The first-order chi connectivity index (χ1) is 8.02. The van der Waals surface area contributed by atoms with Crippen molar-refractivity contribution in [2.75, 3.05) is 0 Å². The van der Waals surface area contributed by atoms with Crippen LogP contribution < -0.4 is 0 Å². The van der Waals surface area contributed by atoms with E-state index in [0.29, 0.717) is 17.9 Å². The summed E-state index contributed by atoms with van der Waals surface area (Å²) in [5.74, 6) is -0.599. The first kappa shape index (κ1) is 12.5. The van der Waals surface area contributed by atoms with Crippen molar-refractivity contribution >= 4 is 0 Å². The Labute approximate surface area is 100 Å². The lowest BCUT2D eigenvalue weighted by Gasteiger charge is -2.23. The quantitative estimate of drug-likeness (QED) is 0.858. The Bertz CT molecular complexity index is 405. The third-order valence-corrected chi connectivity index (χ3v) is 3.80. The van der Waals surface area contributed by atoms with Crippen LogP contribution >= 0.6 is 0 Å². The summed E-state index contributed by atoms with van der Waals surface area (Å²) >= 11 is 0. The zero-order chi connectivity index (χ0) is 12.5. The molecule has 17 heavy (non-hydrogen) atoms. The van der Waals surface area contributed by atoms with Crippen molar-refractivity contribution in [3.05, 3.63) is 35.4 Å². The fourth-order valence-electron chi connectivity index (χ4n) is 2.74. The van der Waals surface area contributed by atoms with E-state index >= 15 is 0 Å². The lowest BCUT2D eigenvalue weighted by molar-refractivity contribution is 0.0428. The smallest absolute Gasteiger partial charge is 0.129 e. The van der Waals surface area contributed by atoms with Crippen LogP contribution in [0, 0.1) is 17.6 Å². The zero-order valence-electron chi connectivity index (χ0n) is 10.0. The second-order valence-electron chi connectivity index (χ2n) is 5.15. The normalized spacial score (nSPS) is 28.6. The van der Waals surface area contributed by atoms with E-state index in [-0.39, 0.29) is 6.42 Å². The van der Waals surface area contributed by atoms with Crippen LogP contribution in [0.15, 0.2) is 18.2 Å². The van der Waals surface area contributed by atoms with E-state index in [9.17, 15) is 13.9 Å². The molecule has 1 nitrogen and oxygen atoms in total. The molecule has 2 unspecified atom stereocenters. The lowest BCUT2D eigenvalue weighted by atomic mass is 9.91. The lowest BCUT2D eigenvalue weighted by Crippen LogP contribution is -2.28. The largest absolute Gasteiger partial charge is 0.390 e. The summed E-state index contributed by atoms with van der Waals surface area (Å²) in [5, 5.41) is 10.4. The minimum atomic E-state index is -0.806. The van der Waals surface area contributed by atoms with E-state index in [1.54, 1.807) is 0 Å². The molecule has 0 heterocycles. The predicted molar refractivity (Wildman–Crippen MR) is 62.6 cm³/mol. The fourth-order valence-corrected chi connectivity index (χ4v) is 2.74. The van der Waals surface area contributed by atoms with E-state index in [2.05, 4.69) is 6.92 Å². The summed E-state index contributed by atoms with van der Waals surface area (Å²) in [7, 11) is 0. The van der Waals surface area contributed by atoms with E-state index in [4.69, 9.17) is 0 Å². The maximum atomic E-state index is 13.5. The zero-order valence-corrected chi connectivity index (χ0v) is 10.0. The Morgan fingerprint density at radius 2 is 2.18 bits per heavy atom. The van der Waals surface area contributed by atoms with Crippen LogP contribution in [0.3, 0.4) is 0 Å². The molecule has 3 heteroatoms. The molecule has 0 saturated heterocycles. The molecule has 0 radical (unpaired) electrons. The van der Waals surface area contributed by atoms with Gasteiger partial charge in [-0.05, 0) is 36.8 Å². The van der Waals surface area contributed by atoms with Gasteiger partial charge in [-0.1, -0.05) is 19.4 Å². The van der Waals surface area contributed by atoms with Crippen molar-refractivity contribution < 1.29 is 13.9 Å². The van der Waals surface area contributed by atoms with Gasteiger partial charge in [-0.2, -0.15) is 0 Å². The van der Waals surface area contributed by atoms with Gasteiger partial charge in [-0.25, -0.2) is 8.78 Å². The Morgan fingerprint density at radius 1 is 1.41 bits per heavy atom. The molecule has 0 spiro atoms. The van der Waals surface area contributed by atoms with Crippen molar-refractivity contribution in [1.82, 2.24) is 0 Å². The highest BCUT2D eigenvalue weighted by Gasteiger charge is 2.36. The van der Waals surface area contributed by atoms with E-state index in [1.807, 2.05) is 0 Å². The number of aliphatic hydroxyl groups is 1. The molecular formula is C14H18F2O. The minimum absolute atomic E-state index is 0.287. The highest BCUT2D eigenvalue weighted by molar-refractivity contribution is 5.21. The summed E-state index contributed by atoms with van der Waals surface area (Å²) in [6.07, 6.45) is 3.77. The van der Waals surface area contributed by atoms with Crippen LogP contribution in [0.1, 0.15) is 38.2 Å². The molecule has 1 aromatic carbocycles. The summed E-state index contributed by atoms with van der Waals surface area (Å²) in [5.41, 5.74) is -0.398. The number of benzene rings is 1. The maximum Gasteiger partial charge on any atom is 0.129 e. The van der Waals surface area contributed by atoms with Gasteiger partial charge in [-0.3, -0.25) is 0 Å². The van der Waals surface area contributed by atoms with Gasteiger partial charge in [0, 0.05) is 12.5 Å². The average molecular weight is 240 g/mol. The third kappa shape index (κ3) is 2.83. The van der Waals surface area contributed by atoms with E-state index < -0.39 is 17.2 Å². The van der Waals surface area contributed by atoms with Crippen LogP contribution in [0.4, 0.5) is 8.78 Å². The molecule has 94 valence electrons. The van der Waals surface area contributed by atoms with E-state index in [0.717, 1.165) is 25.3 Å². The minimum Gasteiger partial charge on any atom is -0.390 e. The highest BCUT2D eigenvalue weighted by Crippen LogP contribution is 2.38. The van der Waals surface area contributed by atoms with Crippen LogP contribution in [0.2, 0.25) is 0 Å². The SMILES string of the molecule is CCC1CCC(O)(Cc2ccc(F)cc2F)C1. The molecule has 1 fully saturated rings. The Kier molecular flexibility index (Phi) is 3.48. The molecule has 1 aliphatic carbocycles. The molecule has 1 saturated carbocycles. The number of hydrogen-bond acceptors (Lipinski definition) is 1. The summed E-state index contributed by atoms with van der Waals surface area (Å²) in [4.78, 5) is 0. The standard InChI is InChI=1S/C14H18F2O/c1-2-10-5-6-14(17,8-10)9-11-3-4-12(15)7-13(11)16/h3-4,7,10,17H,2,5-6,8-9H2,1H3. The Morgan fingerprint density at radius 3 is 2.76 bits per heavy atom. The van der Waals surface area contributed by atoms with Crippen molar-refractivity contribution in [3.63, 3.8) is 0 Å². The van der Waals surface area contributed by atoms with Crippen molar-refractivity contribution in [3.8, 4) is 0 Å². The number of rotatable bonds is 3. The molecule has 0 amide bonds. The molecule has 1 N–H and O–H groups in total. The van der Waals surface area contributed by atoms with Gasteiger partial charge >= 0.3 is 0 Å². The van der Waals surface area contributed by atoms with Crippen LogP contribution in [0.25, 0.3) is 0 Å². The van der Waals surface area contributed by atoms with Crippen molar-refractivity contribution in [2.24, 2.45) is 5.92 Å². The van der Waals surface area contributed by atoms with Gasteiger partial charge in [0.15, 0.2) is 0 Å². The Hall–Kier alpha value is -0.960. The van der Waals surface area contributed by atoms with Crippen LogP contribution in [0.5, 0.6) is 0 Å². The molecular weight excluding hydrogens is 222 g/mol. The average Bonchev–Trinajstić information content (AvgIpc) is 2.65. The van der Waals surface area contributed by atoms with Crippen molar-refractivity contribution in [1.29, 1.82) is 0 Å². The second kappa shape index (κ2) is 4.73. The van der Waals surface area contributed by atoms with Gasteiger partial charge in [0.1, 0.15) is 11.6 Å².